The molecule has 4 heteroatoms. The first kappa shape index (κ1) is 9.29. The van der Waals surface area contributed by atoms with Crippen molar-refractivity contribution in [3.05, 3.63) is 23.9 Å². The molecule has 64 valence electrons. The smallest absolute Gasteiger partial charge is 0.125 e. The number of rotatable bonds is 0. The first-order valence-corrected chi connectivity index (χ1v) is 4.19. The Labute approximate surface area is 80.8 Å². The molecule has 2 nitrogen and oxygen atoms in total. The van der Waals surface area contributed by atoms with Crippen LogP contribution in [0.4, 0.5) is 5.00 Å². The Morgan fingerprint density at radius 1 is 1.42 bits per heavy atom. The van der Waals surface area contributed by atoms with Gasteiger partial charge in [0.1, 0.15) is 4.83 Å². The average Bonchev–Trinajstić information content (AvgIpc) is 2.27. The average molecular weight is 201 g/mol. The Morgan fingerprint density at radius 2 is 2.17 bits per heavy atom. The zero-order valence-corrected chi connectivity index (χ0v) is 8.21. The fourth-order valence-electron chi connectivity index (χ4n) is 1.06. The quantitative estimate of drug-likeness (QED) is 0.710. The predicted molar refractivity (Wildman–Crippen MR) is 56.0 cm³/mol. The third kappa shape index (κ3) is 1.52. The molecule has 2 rings (SSSR count). The van der Waals surface area contributed by atoms with Crippen LogP contribution in [0.3, 0.4) is 0 Å². The van der Waals surface area contributed by atoms with Crippen LogP contribution in [0.25, 0.3) is 10.2 Å². The summed E-state index contributed by atoms with van der Waals surface area (Å²) in [5.41, 5.74) is 6.80. The van der Waals surface area contributed by atoms with E-state index in [1.54, 1.807) is 0 Å². The van der Waals surface area contributed by atoms with Crippen molar-refractivity contribution < 1.29 is 0 Å². The van der Waals surface area contributed by atoms with E-state index >= 15 is 0 Å². The van der Waals surface area contributed by atoms with Crippen LogP contribution in [-0.2, 0) is 0 Å². The summed E-state index contributed by atoms with van der Waals surface area (Å²) in [6.45, 7) is 2.03. The van der Waals surface area contributed by atoms with Crippen LogP contribution in [0.15, 0.2) is 18.3 Å². The van der Waals surface area contributed by atoms with Crippen molar-refractivity contribution in [2.75, 3.05) is 5.73 Å². The Morgan fingerprint density at radius 3 is 2.92 bits per heavy atom. The number of nitrogens with two attached hydrogens (primary N) is 1. The van der Waals surface area contributed by atoms with Gasteiger partial charge in [0.2, 0.25) is 0 Å². The molecular formula is C8H9ClN2S. The lowest BCUT2D eigenvalue weighted by molar-refractivity contribution is 1.35. The van der Waals surface area contributed by atoms with Gasteiger partial charge < -0.3 is 5.73 Å². The van der Waals surface area contributed by atoms with E-state index in [9.17, 15) is 0 Å². The van der Waals surface area contributed by atoms with Crippen LogP contribution in [0, 0.1) is 6.92 Å². The Bertz CT molecular complexity index is 397. The van der Waals surface area contributed by atoms with Gasteiger partial charge in [0.05, 0.1) is 5.00 Å². The highest BCUT2D eigenvalue weighted by molar-refractivity contribution is 7.22. The van der Waals surface area contributed by atoms with Gasteiger partial charge in [-0.25, -0.2) is 4.98 Å². The second-order valence-corrected chi connectivity index (χ2v) is 3.62. The van der Waals surface area contributed by atoms with Crippen molar-refractivity contribution in [3.8, 4) is 0 Å². The maximum Gasteiger partial charge on any atom is 0.125 e. The van der Waals surface area contributed by atoms with E-state index in [1.165, 1.54) is 16.9 Å². The molecule has 0 aliphatic carbocycles. The van der Waals surface area contributed by atoms with Gasteiger partial charge >= 0.3 is 0 Å². The minimum Gasteiger partial charge on any atom is -0.391 e. The third-order valence-corrected chi connectivity index (χ3v) is 2.42. The van der Waals surface area contributed by atoms with E-state index < -0.39 is 0 Å². The lowest BCUT2D eigenvalue weighted by atomic mass is 10.2. The summed E-state index contributed by atoms with van der Waals surface area (Å²) in [6.07, 6.45) is 1.86. The molecule has 2 N–H and O–H groups in total. The highest BCUT2D eigenvalue weighted by Crippen LogP contribution is 2.25. The summed E-state index contributed by atoms with van der Waals surface area (Å²) < 4.78 is 0. The minimum absolute atomic E-state index is 0. The molecule has 2 aromatic heterocycles. The van der Waals surface area contributed by atoms with Crippen molar-refractivity contribution in [1.82, 2.24) is 4.98 Å². The molecular weight excluding hydrogens is 192 g/mol. The molecule has 0 saturated heterocycles. The number of fused-ring (bicyclic) bond motifs is 1. The molecule has 12 heavy (non-hydrogen) atoms. The number of hydrogen-bond donors (Lipinski definition) is 1. The number of nitrogens with zero attached hydrogens (tertiary/aromatic N) is 1. The SMILES string of the molecule is Cc1cnc2sc(N)cc2c1.Cl. The molecule has 0 spiro atoms. The number of aryl methyl sites for hydroxylation is 1. The molecule has 0 bridgehead atoms. The Kier molecular flexibility index (Phi) is 2.55. The summed E-state index contributed by atoms with van der Waals surface area (Å²) in [4.78, 5) is 5.26. The molecule has 0 aliphatic rings. The molecule has 0 fully saturated rings. The van der Waals surface area contributed by atoms with Crippen LogP contribution < -0.4 is 5.73 Å². The van der Waals surface area contributed by atoms with Crippen LogP contribution in [0.1, 0.15) is 5.56 Å². The van der Waals surface area contributed by atoms with Gasteiger partial charge in [-0.05, 0) is 24.6 Å². The monoisotopic (exact) mass is 200 g/mol. The van der Waals surface area contributed by atoms with Crippen molar-refractivity contribution in [2.45, 2.75) is 6.92 Å². The number of aromatic nitrogens is 1. The summed E-state index contributed by atoms with van der Waals surface area (Å²) in [5, 5.41) is 1.98. The maximum absolute atomic E-state index is 5.62. The fourth-order valence-corrected chi connectivity index (χ4v) is 1.81. The van der Waals surface area contributed by atoms with Crippen molar-refractivity contribution in [3.63, 3.8) is 0 Å². The lowest BCUT2D eigenvalue weighted by Gasteiger charge is -1.88. The van der Waals surface area contributed by atoms with Crippen molar-refractivity contribution >= 4 is 39.0 Å². The highest BCUT2D eigenvalue weighted by Gasteiger charge is 1.98. The third-order valence-electron chi connectivity index (χ3n) is 1.53. The number of hydrogen-bond acceptors (Lipinski definition) is 3. The summed E-state index contributed by atoms with van der Waals surface area (Å²) >= 11 is 1.53. The number of pyridine rings is 1. The zero-order chi connectivity index (χ0) is 7.84. The second-order valence-electron chi connectivity index (χ2n) is 2.56. The van der Waals surface area contributed by atoms with E-state index in [2.05, 4.69) is 11.1 Å². The predicted octanol–water partition coefficient (Wildman–Crippen LogP) is 2.61. The Balaban J connectivity index is 0.000000720. The first-order chi connectivity index (χ1) is 5.25. The van der Waals surface area contributed by atoms with Gasteiger partial charge in [-0.3, -0.25) is 0 Å². The zero-order valence-electron chi connectivity index (χ0n) is 6.57. The summed E-state index contributed by atoms with van der Waals surface area (Å²) in [6, 6.07) is 4.05. The number of anilines is 1. The maximum atomic E-state index is 5.62. The van der Waals surface area contributed by atoms with E-state index in [0.717, 1.165) is 15.2 Å². The van der Waals surface area contributed by atoms with Gasteiger partial charge in [0, 0.05) is 11.6 Å². The van der Waals surface area contributed by atoms with E-state index in [1.807, 2.05) is 19.2 Å². The molecule has 0 aliphatic heterocycles. The van der Waals surface area contributed by atoms with Crippen molar-refractivity contribution in [2.24, 2.45) is 0 Å². The van der Waals surface area contributed by atoms with Gasteiger partial charge in [0.15, 0.2) is 0 Å². The topological polar surface area (TPSA) is 38.9 Å². The molecule has 2 heterocycles. The van der Waals surface area contributed by atoms with Gasteiger partial charge in [-0.1, -0.05) is 11.3 Å². The highest BCUT2D eigenvalue weighted by atomic mass is 35.5. The molecule has 2 aromatic rings. The summed E-state index contributed by atoms with van der Waals surface area (Å²) in [7, 11) is 0. The van der Waals surface area contributed by atoms with E-state index in [0.29, 0.717) is 0 Å². The molecule has 0 aromatic carbocycles. The van der Waals surface area contributed by atoms with Crippen molar-refractivity contribution in [1.29, 1.82) is 0 Å². The molecule has 0 atom stereocenters. The normalized spacial score (nSPS) is 9.75. The fraction of sp³-hybridized carbons (Fsp3) is 0.125. The number of nitrogen functional groups attached to an aromatic ring is 1. The van der Waals surface area contributed by atoms with Crippen LogP contribution >= 0.6 is 23.7 Å². The minimum atomic E-state index is 0. The second kappa shape index (κ2) is 3.29. The van der Waals surface area contributed by atoms with Gasteiger partial charge in [-0.2, -0.15) is 0 Å². The molecule has 0 amide bonds. The largest absolute Gasteiger partial charge is 0.391 e. The molecule has 0 saturated carbocycles. The summed E-state index contributed by atoms with van der Waals surface area (Å²) in [5.74, 6) is 0. The van der Waals surface area contributed by atoms with Crippen LogP contribution in [0.2, 0.25) is 0 Å². The number of thiophene rings is 1. The molecule has 0 unspecified atom stereocenters. The van der Waals surface area contributed by atoms with Gasteiger partial charge in [0.25, 0.3) is 0 Å². The first-order valence-electron chi connectivity index (χ1n) is 3.37. The van der Waals surface area contributed by atoms with Crippen LogP contribution in [-0.4, -0.2) is 4.98 Å². The van der Waals surface area contributed by atoms with Gasteiger partial charge in [-0.15, -0.1) is 12.4 Å². The van der Waals surface area contributed by atoms with Crippen LogP contribution in [0.5, 0.6) is 0 Å². The molecule has 0 radical (unpaired) electrons. The lowest BCUT2D eigenvalue weighted by Crippen LogP contribution is -1.74. The Hall–Kier alpha value is -0.800. The van der Waals surface area contributed by atoms with E-state index in [-0.39, 0.29) is 12.4 Å². The number of halogens is 1. The standard InChI is InChI=1S/C8H8N2S.ClH/c1-5-2-6-3-7(9)11-8(6)10-4-5;/h2-4H,9H2,1H3;1H. The van der Waals surface area contributed by atoms with E-state index in [4.69, 9.17) is 5.73 Å².